The highest BCUT2D eigenvalue weighted by Gasteiger charge is 2.20. The van der Waals surface area contributed by atoms with Gasteiger partial charge in [-0.05, 0) is 28.8 Å². The Bertz CT molecular complexity index is 1020. The van der Waals surface area contributed by atoms with Gasteiger partial charge in [-0.15, -0.1) is 0 Å². The quantitative estimate of drug-likeness (QED) is 0.227. The highest BCUT2D eigenvalue weighted by molar-refractivity contribution is 6.38. The van der Waals surface area contributed by atoms with E-state index in [1.807, 2.05) is 0 Å². The Morgan fingerprint density at radius 1 is 0.962 bits per heavy atom. The summed E-state index contributed by atoms with van der Waals surface area (Å²) in [7, 11) is 0. The fourth-order valence-corrected chi connectivity index (χ4v) is 3.21. The fourth-order valence-electron chi connectivity index (χ4n) is 2.54. The predicted molar refractivity (Wildman–Crippen MR) is 96.3 cm³/mol. The first-order valence-electron chi connectivity index (χ1n) is 7.17. The van der Waals surface area contributed by atoms with Gasteiger partial charge in [0, 0.05) is 11.6 Å². The zero-order valence-corrected chi connectivity index (χ0v) is 14.4. The van der Waals surface area contributed by atoms with E-state index in [1.54, 1.807) is 24.3 Å². The summed E-state index contributed by atoms with van der Waals surface area (Å²) < 4.78 is 0.486. The first-order valence-corrected chi connectivity index (χ1v) is 7.92. The zero-order chi connectivity index (χ0) is 19.0. The summed E-state index contributed by atoms with van der Waals surface area (Å²) in [4.78, 5) is 10.2. The second-order valence-corrected chi connectivity index (χ2v) is 6.20. The lowest BCUT2D eigenvalue weighted by molar-refractivity contribution is -0.605. The summed E-state index contributed by atoms with van der Waals surface area (Å²) in [6.45, 7) is 0. The van der Waals surface area contributed by atoms with Crippen LogP contribution in [0.25, 0.3) is 22.3 Å². The van der Waals surface area contributed by atoms with Gasteiger partial charge in [-0.2, -0.15) is 4.73 Å². The molecule has 132 valence electrons. The summed E-state index contributed by atoms with van der Waals surface area (Å²) in [6.07, 6.45) is 2.32. The Labute approximate surface area is 157 Å². The molecule has 0 bridgehead atoms. The minimum atomic E-state index is -0.802. The number of nitrogens with zero attached hydrogens (tertiary/aromatic N) is 2. The van der Waals surface area contributed by atoms with Crippen molar-refractivity contribution < 1.29 is 19.9 Å². The summed E-state index contributed by atoms with van der Waals surface area (Å²) in [5.41, 5.74) is 1.23. The molecule has 1 aromatic heterocycles. The molecule has 9 heteroatoms. The van der Waals surface area contributed by atoms with Crippen LogP contribution in [0.5, 0.6) is 11.5 Å². The van der Waals surface area contributed by atoms with Crippen LogP contribution >= 0.6 is 23.2 Å². The molecule has 3 aromatic rings. The lowest BCUT2D eigenvalue weighted by atomic mass is 9.99. The number of benzene rings is 2. The third-order valence-corrected chi connectivity index (χ3v) is 4.28. The van der Waals surface area contributed by atoms with Gasteiger partial charge in [0.25, 0.3) is 0 Å². The average Bonchev–Trinajstić information content (AvgIpc) is 2.56. The molecule has 7 nitrogen and oxygen atoms in total. The number of aromatic hydroxyl groups is 2. The molecule has 1 heterocycles. The third kappa shape index (κ3) is 3.22. The molecule has 0 amide bonds. The molecule has 0 saturated heterocycles. The van der Waals surface area contributed by atoms with Crippen molar-refractivity contribution in [3.05, 3.63) is 74.2 Å². The number of hydrogen-bond donors (Lipinski definition) is 2. The van der Waals surface area contributed by atoms with E-state index in [0.29, 0.717) is 27.0 Å². The van der Waals surface area contributed by atoms with Crippen LogP contribution in [0.2, 0.25) is 10.0 Å². The van der Waals surface area contributed by atoms with Gasteiger partial charge < -0.3 is 15.4 Å². The summed E-state index contributed by atoms with van der Waals surface area (Å²) in [6, 6.07) is 9.05. The molecule has 0 radical (unpaired) electrons. The van der Waals surface area contributed by atoms with E-state index in [1.165, 1.54) is 6.07 Å². The highest BCUT2D eigenvalue weighted by atomic mass is 35.5. The number of aromatic nitrogens is 1. The minimum Gasteiger partial charge on any atom is -0.619 e. The number of rotatable bonds is 3. The van der Waals surface area contributed by atoms with Crippen molar-refractivity contribution in [3.63, 3.8) is 0 Å². The molecule has 26 heavy (non-hydrogen) atoms. The van der Waals surface area contributed by atoms with Crippen molar-refractivity contribution in [3.8, 4) is 33.8 Å². The van der Waals surface area contributed by atoms with Gasteiger partial charge in [-0.25, -0.2) is 0 Å². The third-order valence-electron chi connectivity index (χ3n) is 3.71. The summed E-state index contributed by atoms with van der Waals surface area (Å²) >= 11 is 12.2. The standard InChI is InChI=1S/C17H10Cl2N2O5/c18-12-7-20(24)8-13(19)16(12)10-3-1-2-9(4-10)11-5-14(21(25)26)17(23)15(22)6-11/h1-8,22-23H. The molecule has 0 spiro atoms. The molecule has 2 aromatic carbocycles. The number of phenolic OH excluding ortho intramolecular Hbond substituents is 2. The Morgan fingerprint density at radius 3 is 2.19 bits per heavy atom. The molecular formula is C17H10Cl2N2O5. The minimum absolute atomic E-state index is 0.143. The van der Waals surface area contributed by atoms with E-state index >= 15 is 0 Å². The van der Waals surface area contributed by atoms with E-state index in [-0.39, 0.29) is 10.0 Å². The summed E-state index contributed by atoms with van der Waals surface area (Å²) in [5.74, 6) is -1.41. The van der Waals surface area contributed by atoms with Gasteiger partial charge >= 0.3 is 5.69 Å². The van der Waals surface area contributed by atoms with E-state index < -0.39 is 22.1 Å². The van der Waals surface area contributed by atoms with E-state index in [9.17, 15) is 25.5 Å². The normalized spacial score (nSPS) is 10.7. The lowest BCUT2D eigenvalue weighted by Crippen LogP contribution is -2.24. The Hall–Kier alpha value is -3.03. The van der Waals surface area contributed by atoms with Crippen molar-refractivity contribution in [1.29, 1.82) is 0 Å². The van der Waals surface area contributed by atoms with E-state index in [4.69, 9.17) is 23.2 Å². The number of nitro groups is 1. The predicted octanol–water partition coefficient (Wildman–Crippen LogP) is 4.28. The van der Waals surface area contributed by atoms with Gasteiger partial charge in [0.1, 0.15) is 10.0 Å². The van der Waals surface area contributed by atoms with Crippen molar-refractivity contribution in [2.45, 2.75) is 0 Å². The Kier molecular flexibility index (Phi) is 4.58. The van der Waals surface area contributed by atoms with Gasteiger partial charge in [0.05, 0.1) is 4.92 Å². The number of hydrogen-bond acceptors (Lipinski definition) is 5. The van der Waals surface area contributed by atoms with Crippen molar-refractivity contribution in [1.82, 2.24) is 0 Å². The molecule has 0 saturated carbocycles. The van der Waals surface area contributed by atoms with Crippen LogP contribution in [0.3, 0.4) is 0 Å². The van der Waals surface area contributed by atoms with Crippen LogP contribution in [-0.2, 0) is 0 Å². The SMILES string of the molecule is O=[N+]([O-])c1cc(-c2cccc(-c3c(Cl)c[n+]([O-])cc3Cl)c2)cc(O)c1O. The first kappa shape index (κ1) is 17.8. The van der Waals surface area contributed by atoms with Crippen LogP contribution in [0.1, 0.15) is 0 Å². The monoisotopic (exact) mass is 392 g/mol. The first-order chi connectivity index (χ1) is 12.3. The maximum atomic E-state index is 11.4. The second-order valence-electron chi connectivity index (χ2n) is 5.39. The van der Waals surface area contributed by atoms with Gasteiger partial charge in [0.2, 0.25) is 5.75 Å². The molecule has 0 fully saturated rings. The van der Waals surface area contributed by atoms with Gasteiger partial charge in [-0.1, -0.05) is 41.4 Å². The van der Waals surface area contributed by atoms with Crippen LogP contribution in [0.4, 0.5) is 5.69 Å². The van der Waals surface area contributed by atoms with E-state index in [2.05, 4.69) is 0 Å². The van der Waals surface area contributed by atoms with E-state index in [0.717, 1.165) is 18.5 Å². The Morgan fingerprint density at radius 2 is 1.58 bits per heavy atom. The van der Waals surface area contributed by atoms with Crippen LogP contribution in [-0.4, -0.2) is 15.1 Å². The number of pyridine rings is 1. The van der Waals surface area contributed by atoms with Gasteiger partial charge in [-0.3, -0.25) is 10.1 Å². The molecule has 0 aliphatic carbocycles. The molecule has 0 aliphatic heterocycles. The molecule has 0 unspecified atom stereocenters. The molecule has 0 atom stereocenters. The maximum absolute atomic E-state index is 11.4. The Balaban J connectivity index is 2.17. The second kappa shape index (κ2) is 6.70. The smallest absolute Gasteiger partial charge is 0.315 e. The number of nitro benzene ring substituents is 1. The zero-order valence-electron chi connectivity index (χ0n) is 12.9. The topological polar surface area (TPSA) is 111 Å². The number of halogens is 2. The van der Waals surface area contributed by atoms with Crippen LogP contribution in [0, 0.1) is 15.3 Å². The highest BCUT2D eigenvalue weighted by Crippen LogP contribution is 2.41. The molecule has 2 N–H and O–H groups in total. The number of phenols is 2. The largest absolute Gasteiger partial charge is 0.619 e. The van der Waals surface area contributed by atoms with Crippen LogP contribution < -0.4 is 4.73 Å². The van der Waals surface area contributed by atoms with Crippen molar-refractivity contribution in [2.75, 3.05) is 0 Å². The molecule has 0 aliphatic rings. The molecular weight excluding hydrogens is 383 g/mol. The fraction of sp³-hybridized carbons (Fsp3) is 0. The van der Waals surface area contributed by atoms with Crippen LogP contribution in [0.15, 0.2) is 48.8 Å². The molecule has 3 rings (SSSR count). The summed E-state index contributed by atoms with van der Waals surface area (Å²) in [5, 5.41) is 42.1. The maximum Gasteiger partial charge on any atom is 0.315 e. The van der Waals surface area contributed by atoms with Crippen molar-refractivity contribution in [2.24, 2.45) is 0 Å². The average molecular weight is 393 g/mol. The van der Waals surface area contributed by atoms with Crippen molar-refractivity contribution >= 4 is 28.9 Å². The van der Waals surface area contributed by atoms with Gasteiger partial charge in [0.15, 0.2) is 18.1 Å². The lowest BCUT2D eigenvalue weighted by Gasteiger charge is -2.10.